The lowest BCUT2D eigenvalue weighted by atomic mass is 10.1. The van der Waals surface area contributed by atoms with Gasteiger partial charge in [0.1, 0.15) is 5.75 Å². The molecular weight excluding hydrogens is 262 g/mol. The van der Waals surface area contributed by atoms with Gasteiger partial charge in [-0.1, -0.05) is 12.1 Å². The monoisotopic (exact) mass is 274 g/mol. The molecule has 0 unspecified atom stereocenters. The number of halogens is 2. The Kier molecular flexibility index (Phi) is 5.68. The number of hydrogen-bond acceptors (Lipinski definition) is 4. The molecule has 0 aliphatic heterocycles. The number of hydrogen-bond donors (Lipinski definition) is 2. The highest BCUT2D eigenvalue weighted by Crippen LogP contribution is 2.15. The van der Waals surface area contributed by atoms with E-state index in [1.807, 2.05) is 5.48 Å². The molecule has 1 rings (SSSR count). The summed E-state index contributed by atoms with van der Waals surface area (Å²) in [5.74, 6) is -1.21. The van der Waals surface area contributed by atoms with Gasteiger partial charge in [0.15, 0.2) is 6.61 Å². The Hall–Kier alpha value is -2.22. The van der Waals surface area contributed by atoms with E-state index in [4.69, 9.17) is 5.73 Å². The number of amides is 2. The summed E-state index contributed by atoms with van der Waals surface area (Å²) < 4.78 is 27.9. The van der Waals surface area contributed by atoms with Gasteiger partial charge in [-0.25, -0.2) is 5.48 Å². The number of alkyl halides is 2. The lowest BCUT2D eigenvalue weighted by molar-refractivity contribution is -0.137. The molecule has 19 heavy (non-hydrogen) atoms. The summed E-state index contributed by atoms with van der Waals surface area (Å²) in [5, 5.41) is 0. The van der Waals surface area contributed by atoms with Crippen LogP contribution >= 0.6 is 0 Å². The summed E-state index contributed by atoms with van der Waals surface area (Å²) in [7, 11) is 0. The van der Waals surface area contributed by atoms with Crippen molar-refractivity contribution in [3.8, 4) is 5.75 Å². The number of primary amides is 1. The molecule has 0 aliphatic rings. The molecule has 0 bridgehead atoms. The third-order valence-electron chi connectivity index (χ3n) is 1.91. The molecule has 0 saturated heterocycles. The van der Waals surface area contributed by atoms with Crippen LogP contribution in [0, 0.1) is 0 Å². The number of benzene rings is 1. The summed E-state index contributed by atoms with van der Waals surface area (Å²) in [6.45, 7) is -3.32. The summed E-state index contributed by atoms with van der Waals surface area (Å²) in [4.78, 5) is 26.2. The molecule has 8 heteroatoms. The number of ether oxygens (including phenoxy) is 1. The molecule has 0 aliphatic carbocycles. The number of nitrogens with two attached hydrogens (primary N) is 1. The van der Waals surface area contributed by atoms with Crippen LogP contribution in [0.25, 0.3) is 0 Å². The van der Waals surface area contributed by atoms with Crippen molar-refractivity contribution in [2.45, 2.75) is 13.0 Å². The summed E-state index contributed by atoms with van der Waals surface area (Å²) >= 11 is 0. The van der Waals surface area contributed by atoms with E-state index in [9.17, 15) is 18.4 Å². The first-order valence-electron chi connectivity index (χ1n) is 5.20. The molecule has 0 aromatic heterocycles. The normalized spacial score (nSPS) is 10.3. The van der Waals surface area contributed by atoms with Gasteiger partial charge < -0.3 is 10.5 Å². The van der Waals surface area contributed by atoms with Crippen molar-refractivity contribution in [2.24, 2.45) is 5.73 Å². The van der Waals surface area contributed by atoms with E-state index in [2.05, 4.69) is 9.57 Å². The number of carbonyl (C=O) groups is 2. The summed E-state index contributed by atoms with van der Waals surface area (Å²) in [5.41, 5.74) is 7.39. The van der Waals surface area contributed by atoms with E-state index in [0.717, 1.165) is 0 Å². The Morgan fingerprint density at radius 1 is 1.26 bits per heavy atom. The van der Waals surface area contributed by atoms with Gasteiger partial charge in [0, 0.05) is 0 Å². The van der Waals surface area contributed by atoms with E-state index in [0.29, 0.717) is 5.56 Å². The third kappa shape index (κ3) is 6.32. The molecule has 104 valence electrons. The fraction of sp³-hybridized carbons (Fsp3) is 0.273. The second-order valence-electron chi connectivity index (χ2n) is 3.48. The van der Waals surface area contributed by atoms with Crippen molar-refractivity contribution in [3.05, 3.63) is 29.8 Å². The van der Waals surface area contributed by atoms with Gasteiger partial charge >= 0.3 is 6.61 Å². The maximum absolute atomic E-state index is 11.9. The van der Waals surface area contributed by atoms with Gasteiger partial charge in [-0.3, -0.25) is 14.4 Å². The summed E-state index contributed by atoms with van der Waals surface area (Å²) in [6, 6.07) is 5.56. The standard InChI is InChI=1S/C11H12F2N2O4/c12-11(13)19-8-3-1-7(2-4-8)5-10(17)15-18-6-9(14)16/h1-4,11H,5-6H2,(H2,14,16)(H,15,17). The van der Waals surface area contributed by atoms with Crippen molar-refractivity contribution >= 4 is 11.8 Å². The number of rotatable bonds is 7. The van der Waals surface area contributed by atoms with Crippen molar-refractivity contribution in [1.82, 2.24) is 5.48 Å². The van der Waals surface area contributed by atoms with Crippen LogP contribution in [0.1, 0.15) is 5.56 Å². The Bertz CT molecular complexity index is 437. The average molecular weight is 274 g/mol. The molecule has 0 radical (unpaired) electrons. The highest BCUT2D eigenvalue weighted by atomic mass is 19.3. The molecule has 0 saturated carbocycles. The van der Waals surface area contributed by atoms with Gasteiger partial charge in [0.25, 0.3) is 0 Å². The largest absolute Gasteiger partial charge is 0.435 e. The van der Waals surface area contributed by atoms with Gasteiger partial charge in [-0.15, -0.1) is 0 Å². The Morgan fingerprint density at radius 3 is 2.42 bits per heavy atom. The molecule has 0 spiro atoms. The number of carbonyl (C=O) groups excluding carboxylic acids is 2. The highest BCUT2D eigenvalue weighted by Gasteiger charge is 2.06. The lowest BCUT2D eigenvalue weighted by Gasteiger charge is -2.06. The van der Waals surface area contributed by atoms with E-state index in [-0.39, 0.29) is 12.2 Å². The van der Waals surface area contributed by atoms with E-state index in [1.54, 1.807) is 0 Å². The minimum atomic E-state index is -2.89. The van der Waals surface area contributed by atoms with Crippen LogP contribution in [0.2, 0.25) is 0 Å². The van der Waals surface area contributed by atoms with Crippen LogP contribution in [0.4, 0.5) is 8.78 Å². The predicted molar refractivity (Wildman–Crippen MR) is 60.1 cm³/mol. The quantitative estimate of drug-likeness (QED) is 0.702. The molecule has 0 heterocycles. The average Bonchev–Trinajstić information content (AvgIpc) is 2.30. The molecule has 1 aromatic carbocycles. The highest BCUT2D eigenvalue weighted by molar-refractivity contribution is 5.78. The predicted octanol–water partition coefficient (Wildman–Crippen LogP) is 0.364. The first kappa shape index (κ1) is 14.8. The van der Waals surface area contributed by atoms with E-state index >= 15 is 0 Å². The SMILES string of the molecule is NC(=O)CONC(=O)Cc1ccc(OC(F)F)cc1. The smallest absolute Gasteiger partial charge is 0.387 e. The van der Waals surface area contributed by atoms with Crippen LogP contribution in [0.5, 0.6) is 5.75 Å². The van der Waals surface area contributed by atoms with Crippen molar-refractivity contribution in [3.63, 3.8) is 0 Å². The van der Waals surface area contributed by atoms with Gasteiger partial charge in [0.05, 0.1) is 6.42 Å². The van der Waals surface area contributed by atoms with Crippen LogP contribution in [0.3, 0.4) is 0 Å². The number of nitrogens with one attached hydrogen (secondary N) is 1. The maximum Gasteiger partial charge on any atom is 0.387 e. The molecule has 2 amide bonds. The number of hydroxylamine groups is 1. The van der Waals surface area contributed by atoms with Crippen LogP contribution in [-0.2, 0) is 20.8 Å². The minimum absolute atomic E-state index is 0.00383. The maximum atomic E-state index is 11.9. The first-order chi connectivity index (χ1) is 8.97. The minimum Gasteiger partial charge on any atom is -0.435 e. The second kappa shape index (κ2) is 7.27. The van der Waals surface area contributed by atoms with Gasteiger partial charge in [0.2, 0.25) is 11.8 Å². The molecule has 3 N–H and O–H groups in total. The Morgan fingerprint density at radius 2 is 1.89 bits per heavy atom. The zero-order valence-electron chi connectivity index (χ0n) is 9.77. The molecule has 6 nitrogen and oxygen atoms in total. The van der Waals surface area contributed by atoms with Crippen molar-refractivity contribution in [1.29, 1.82) is 0 Å². The van der Waals surface area contributed by atoms with Crippen LogP contribution < -0.4 is 16.0 Å². The van der Waals surface area contributed by atoms with Crippen LogP contribution in [-0.4, -0.2) is 25.0 Å². The zero-order valence-corrected chi connectivity index (χ0v) is 9.77. The molecule has 0 atom stereocenters. The zero-order chi connectivity index (χ0) is 14.3. The first-order valence-corrected chi connectivity index (χ1v) is 5.20. The van der Waals surface area contributed by atoms with E-state index < -0.39 is 25.0 Å². The Balaban J connectivity index is 2.40. The molecule has 1 aromatic rings. The van der Waals surface area contributed by atoms with Crippen molar-refractivity contribution in [2.75, 3.05) is 6.61 Å². The van der Waals surface area contributed by atoms with Gasteiger partial charge in [-0.2, -0.15) is 8.78 Å². The fourth-order valence-electron chi connectivity index (χ4n) is 1.20. The Labute approximate surface area is 107 Å². The molecular formula is C11H12F2N2O4. The topological polar surface area (TPSA) is 90.7 Å². The van der Waals surface area contributed by atoms with Gasteiger partial charge in [-0.05, 0) is 17.7 Å². The summed E-state index contributed by atoms with van der Waals surface area (Å²) in [6.07, 6.45) is -0.0340. The fourth-order valence-corrected chi connectivity index (χ4v) is 1.20. The molecule has 0 fully saturated rings. The van der Waals surface area contributed by atoms with Crippen molar-refractivity contribution < 1.29 is 27.9 Å². The van der Waals surface area contributed by atoms with E-state index in [1.165, 1.54) is 24.3 Å². The van der Waals surface area contributed by atoms with Crippen LogP contribution in [0.15, 0.2) is 24.3 Å². The lowest BCUT2D eigenvalue weighted by Crippen LogP contribution is -2.30. The second-order valence-corrected chi connectivity index (χ2v) is 3.48. The third-order valence-corrected chi connectivity index (χ3v) is 1.91.